The van der Waals surface area contributed by atoms with E-state index in [-0.39, 0.29) is 22.3 Å². The number of methoxy groups -OCH3 is 1. The van der Waals surface area contributed by atoms with Gasteiger partial charge in [-0.2, -0.15) is 0 Å². The number of fused-ring (bicyclic) bond motifs is 1. The van der Waals surface area contributed by atoms with E-state index in [1.54, 1.807) is 37.3 Å². The maximum Gasteiger partial charge on any atom is 0.337 e. The van der Waals surface area contributed by atoms with Gasteiger partial charge in [0, 0.05) is 13.2 Å². The molecule has 4 aromatic rings. The fourth-order valence-electron chi connectivity index (χ4n) is 3.32. The third-order valence-electron chi connectivity index (χ3n) is 5.05. The van der Waals surface area contributed by atoms with Crippen molar-refractivity contribution >= 4 is 22.6 Å². The minimum atomic E-state index is -0.631. The van der Waals surface area contributed by atoms with Gasteiger partial charge in [0.15, 0.2) is 5.65 Å². The topological polar surface area (TPSA) is 95.2 Å². The fourth-order valence-corrected chi connectivity index (χ4v) is 3.32. The zero-order valence-corrected chi connectivity index (χ0v) is 17.5. The van der Waals surface area contributed by atoms with Crippen LogP contribution < -0.4 is 21.3 Å². The van der Waals surface area contributed by atoms with Crippen LogP contribution in [0.5, 0.6) is 5.75 Å². The molecule has 0 spiro atoms. The number of hydrogen-bond donors (Lipinski definition) is 1. The van der Waals surface area contributed by atoms with Gasteiger partial charge < -0.3 is 10.1 Å². The van der Waals surface area contributed by atoms with Crippen LogP contribution in [0, 0.1) is 12.7 Å². The second-order valence-electron chi connectivity index (χ2n) is 7.21. The molecule has 1 amide bonds. The molecule has 2 heterocycles. The molecule has 2 aromatic heterocycles. The van der Waals surface area contributed by atoms with Crippen LogP contribution in [0.3, 0.4) is 0 Å². The van der Waals surface area contributed by atoms with Crippen molar-refractivity contribution in [2.75, 3.05) is 12.4 Å². The minimum absolute atomic E-state index is 0.0196. The highest BCUT2D eigenvalue weighted by Crippen LogP contribution is 2.19. The number of nitrogens with zero attached hydrogens (tertiary/aromatic N) is 3. The summed E-state index contributed by atoms with van der Waals surface area (Å²) in [7, 11) is 2.87. The van der Waals surface area contributed by atoms with E-state index in [1.165, 1.54) is 43.1 Å². The Morgan fingerprint density at radius 3 is 2.50 bits per heavy atom. The van der Waals surface area contributed by atoms with E-state index >= 15 is 0 Å². The predicted molar refractivity (Wildman–Crippen MR) is 118 cm³/mol. The van der Waals surface area contributed by atoms with Gasteiger partial charge in [-0.15, -0.1) is 0 Å². The number of nitrogens with one attached hydrogen (secondary N) is 1. The van der Waals surface area contributed by atoms with Crippen molar-refractivity contribution in [2.45, 2.75) is 6.92 Å². The molecule has 1 N–H and O–H groups in total. The average molecular weight is 434 g/mol. The number of benzene rings is 2. The number of rotatable bonds is 4. The lowest BCUT2D eigenvalue weighted by Crippen LogP contribution is -2.38. The molecule has 0 unspecified atom stereocenters. The number of carbonyl (C=O) groups excluding carboxylic acids is 1. The van der Waals surface area contributed by atoms with Crippen LogP contribution in [0.4, 0.5) is 10.1 Å². The molecule has 0 radical (unpaired) electrons. The largest absolute Gasteiger partial charge is 0.497 e. The lowest BCUT2D eigenvalue weighted by molar-refractivity contribution is 0.102. The molecule has 0 aliphatic rings. The molecule has 0 atom stereocenters. The maximum absolute atomic E-state index is 14.0. The first-order valence-corrected chi connectivity index (χ1v) is 9.64. The van der Waals surface area contributed by atoms with Crippen LogP contribution in [0.25, 0.3) is 16.7 Å². The lowest BCUT2D eigenvalue weighted by atomic mass is 10.2. The Morgan fingerprint density at radius 2 is 1.81 bits per heavy atom. The van der Waals surface area contributed by atoms with E-state index in [0.29, 0.717) is 11.4 Å². The molecule has 162 valence electrons. The summed E-state index contributed by atoms with van der Waals surface area (Å²) in [5, 5.41) is 2.56. The highest BCUT2D eigenvalue weighted by Gasteiger charge is 2.17. The van der Waals surface area contributed by atoms with Crippen molar-refractivity contribution in [2.24, 2.45) is 7.05 Å². The molecule has 4 rings (SSSR count). The molecule has 0 saturated carbocycles. The zero-order valence-electron chi connectivity index (χ0n) is 17.5. The highest BCUT2D eigenvalue weighted by molar-refractivity contribution is 6.05. The van der Waals surface area contributed by atoms with Crippen molar-refractivity contribution in [1.29, 1.82) is 0 Å². The molecular formula is C23H19FN4O4. The van der Waals surface area contributed by atoms with E-state index < -0.39 is 23.0 Å². The first kappa shape index (κ1) is 21.0. The first-order valence-electron chi connectivity index (χ1n) is 9.64. The number of amides is 1. The van der Waals surface area contributed by atoms with Crippen molar-refractivity contribution in [3.8, 4) is 11.4 Å². The van der Waals surface area contributed by atoms with Crippen LogP contribution in [-0.4, -0.2) is 27.1 Å². The maximum atomic E-state index is 14.0. The summed E-state index contributed by atoms with van der Waals surface area (Å²) < 4.78 is 21.4. The minimum Gasteiger partial charge on any atom is -0.497 e. The first-order chi connectivity index (χ1) is 15.3. The predicted octanol–water partition coefficient (Wildman–Crippen LogP) is 2.79. The molecule has 0 bridgehead atoms. The van der Waals surface area contributed by atoms with Crippen molar-refractivity contribution in [3.63, 3.8) is 0 Å². The second-order valence-corrected chi connectivity index (χ2v) is 7.21. The molecule has 0 saturated heterocycles. The van der Waals surface area contributed by atoms with Crippen molar-refractivity contribution < 1.29 is 13.9 Å². The van der Waals surface area contributed by atoms with Gasteiger partial charge in [-0.1, -0.05) is 6.07 Å². The number of halogens is 1. The van der Waals surface area contributed by atoms with Crippen LogP contribution in [0.2, 0.25) is 0 Å². The molecular weight excluding hydrogens is 415 g/mol. The SMILES string of the molecule is COc1ccc(-n2c(=O)n(C)c(=O)c3cc(C(=O)Nc4cc(C)ccc4F)cnc32)cc1. The smallest absolute Gasteiger partial charge is 0.337 e. The molecule has 8 nitrogen and oxygen atoms in total. The van der Waals surface area contributed by atoms with E-state index in [9.17, 15) is 18.8 Å². The number of anilines is 1. The molecule has 2 aromatic carbocycles. The summed E-state index contributed by atoms with van der Waals surface area (Å²) in [5.41, 5.74) is 0.236. The number of pyridine rings is 1. The van der Waals surface area contributed by atoms with Gasteiger partial charge in [0.1, 0.15) is 11.6 Å². The number of aromatic nitrogens is 3. The lowest BCUT2D eigenvalue weighted by Gasteiger charge is -2.13. The Bertz CT molecular complexity index is 1470. The van der Waals surface area contributed by atoms with Gasteiger partial charge in [-0.3, -0.25) is 14.2 Å². The normalized spacial score (nSPS) is 10.9. The van der Waals surface area contributed by atoms with Crippen LogP contribution in [0.15, 0.2) is 64.3 Å². The van der Waals surface area contributed by atoms with E-state index in [1.807, 2.05) is 0 Å². The number of aryl methyl sites for hydroxylation is 1. The van der Waals surface area contributed by atoms with Gasteiger partial charge in [0.05, 0.1) is 29.4 Å². The Labute approximate surface area is 181 Å². The summed E-state index contributed by atoms with van der Waals surface area (Å²) in [6.45, 7) is 1.77. The quantitative estimate of drug-likeness (QED) is 0.533. The van der Waals surface area contributed by atoms with Crippen molar-refractivity contribution in [1.82, 2.24) is 14.1 Å². The molecule has 0 aliphatic heterocycles. The molecule has 32 heavy (non-hydrogen) atoms. The van der Waals surface area contributed by atoms with Gasteiger partial charge in [-0.25, -0.2) is 18.7 Å². The van der Waals surface area contributed by atoms with Gasteiger partial charge in [0.2, 0.25) is 0 Å². The van der Waals surface area contributed by atoms with Gasteiger partial charge >= 0.3 is 5.69 Å². The van der Waals surface area contributed by atoms with Crippen molar-refractivity contribution in [3.05, 3.63) is 92.5 Å². The average Bonchev–Trinajstić information content (AvgIpc) is 2.80. The molecule has 0 aliphatic carbocycles. The molecule has 9 heteroatoms. The monoisotopic (exact) mass is 434 g/mol. The number of carbonyl (C=O) groups is 1. The Balaban J connectivity index is 1.83. The Morgan fingerprint density at radius 1 is 1.09 bits per heavy atom. The summed E-state index contributed by atoms with van der Waals surface area (Å²) in [6.07, 6.45) is 1.24. The van der Waals surface area contributed by atoms with Gasteiger partial charge in [0.25, 0.3) is 11.5 Å². The van der Waals surface area contributed by atoms with Crippen LogP contribution in [-0.2, 0) is 7.05 Å². The van der Waals surface area contributed by atoms with Gasteiger partial charge in [-0.05, 0) is 55.0 Å². The number of ether oxygens (including phenoxy) is 1. The Kier molecular flexibility index (Phi) is 5.31. The zero-order chi connectivity index (χ0) is 23.0. The summed E-state index contributed by atoms with van der Waals surface area (Å²) in [5.74, 6) is -0.610. The van der Waals surface area contributed by atoms with E-state index in [2.05, 4.69) is 10.3 Å². The van der Waals surface area contributed by atoms with Crippen LogP contribution in [0.1, 0.15) is 15.9 Å². The third-order valence-corrected chi connectivity index (χ3v) is 5.05. The molecule has 0 fully saturated rings. The standard InChI is InChI=1S/C23H19FN4O4/c1-13-4-9-18(24)19(10-13)26-21(29)14-11-17-20(25-12-14)28(23(31)27(2)22(17)30)15-5-7-16(32-3)8-6-15/h4-12H,1-3H3,(H,26,29). The Hall–Kier alpha value is -4.27. The summed E-state index contributed by atoms with van der Waals surface area (Å²) in [6, 6.07) is 12.4. The fraction of sp³-hybridized carbons (Fsp3) is 0.130. The second kappa shape index (κ2) is 8.10. The highest BCUT2D eigenvalue weighted by atomic mass is 19.1. The third kappa shape index (κ3) is 3.64. The van der Waals surface area contributed by atoms with Crippen LogP contribution >= 0.6 is 0 Å². The number of hydrogen-bond acceptors (Lipinski definition) is 5. The summed E-state index contributed by atoms with van der Waals surface area (Å²) in [4.78, 5) is 42.5. The summed E-state index contributed by atoms with van der Waals surface area (Å²) >= 11 is 0. The van der Waals surface area contributed by atoms with E-state index in [4.69, 9.17) is 4.74 Å². The van der Waals surface area contributed by atoms with E-state index in [0.717, 1.165) is 10.1 Å².